The molecule has 0 aliphatic carbocycles. The third-order valence-electron chi connectivity index (χ3n) is 3.34. The Bertz CT molecular complexity index is 525. The number of sulfonamides is 1. The van der Waals surface area contributed by atoms with Gasteiger partial charge in [0.2, 0.25) is 10.0 Å². The topological polar surface area (TPSA) is 69.6 Å². The highest BCUT2D eigenvalue weighted by molar-refractivity contribution is 7.89. The summed E-state index contributed by atoms with van der Waals surface area (Å²) in [6, 6.07) is 4.96. The van der Waals surface area contributed by atoms with Gasteiger partial charge in [-0.05, 0) is 37.2 Å². The molecule has 20 heavy (non-hydrogen) atoms. The Hall–Kier alpha value is -0.950. The average Bonchev–Trinajstić information content (AvgIpc) is 2.44. The smallest absolute Gasteiger partial charge is 0.240 e. The number of hydrogen-bond donors (Lipinski definition) is 2. The maximum atomic E-state index is 12.3. The molecule has 6 heteroatoms. The van der Waals surface area contributed by atoms with Gasteiger partial charge in [-0.15, -0.1) is 0 Å². The van der Waals surface area contributed by atoms with Gasteiger partial charge >= 0.3 is 0 Å². The fourth-order valence-corrected chi connectivity index (χ4v) is 3.30. The summed E-state index contributed by atoms with van der Waals surface area (Å²) in [5.41, 5.74) is 1.28. The van der Waals surface area contributed by atoms with Crippen LogP contribution in [0.4, 0.5) is 0 Å². The van der Waals surface area contributed by atoms with Crippen LogP contribution in [0.15, 0.2) is 23.1 Å². The number of nitrogens with zero attached hydrogens (tertiary/aromatic N) is 1. The Balaban J connectivity index is 2.78. The molecule has 1 aromatic carbocycles. The maximum absolute atomic E-state index is 12.3. The molecule has 0 radical (unpaired) electrons. The Morgan fingerprint density at radius 1 is 1.25 bits per heavy atom. The molecule has 1 rings (SSSR count). The van der Waals surface area contributed by atoms with Crippen molar-refractivity contribution >= 4 is 10.0 Å². The molecule has 5 nitrogen and oxygen atoms in total. The SMILES string of the molecule is CCN(CC)CCNS(=O)(=O)c1cc(CO)ccc1C. The second kappa shape index (κ2) is 7.73. The minimum atomic E-state index is -3.52. The van der Waals surface area contributed by atoms with Crippen LogP contribution in [0.25, 0.3) is 0 Å². The minimum absolute atomic E-state index is 0.164. The van der Waals surface area contributed by atoms with E-state index in [1.54, 1.807) is 19.1 Å². The van der Waals surface area contributed by atoms with Crippen LogP contribution in [0.5, 0.6) is 0 Å². The zero-order chi connectivity index (χ0) is 15.2. The molecule has 0 spiro atoms. The van der Waals surface area contributed by atoms with E-state index >= 15 is 0 Å². The quantitative estimate of drug-likeness (QED) is 0.754. The minimum Gasteiger partial charge on any atom is -0.392 e. The van der Waals surface area contributed by atoms with Crippen molar-refractivity contribution in [3.8, 4) is 0 Å². The number of likely N-dealkylation sites (N-methyl/N-ethyl adjacent to an activating group) is 1. The molecule has 0 amide bonds. The van der Waals surface area contributed by atoms with Crippen molar-refractivity contribution < 1.29 is 13.5 Å². The molecule has 0 aliphatic rings. The fraction of sp³-hybridized carbons (Fsp3) is 0.571. The second-order valence-corrected chi connectivity index (χ2v) is 6.42. The predicted octanol–water partition coefficient (Wildman–Crippen LogP) is 1.11. The van der Waals surface area contributed by atoms with Crippen molar-refractivity contribution in [2.45, 2.75) is 32.3 Å². The Kier molecular flexibility index (Phi) is 6.61. The summed E-state index contributed by atoms with van der Waals surface area (Å²) in [7, 11) is -3.52. The molecule has 114 valence electrons. The summed E-state index contributed by atoms with van der Waals surface area (Å²) in [5.74, 6) is 0. The van der Waals surface area contributed by atoms with Crippen molar-refractivity contribution in [1.82, 2.24) is 9.62 Å². The first-order valence-corrected chi connectivity index (χ1v) is 8.35. The molecule has 0 aromatic heterocycles. The van der Waals surface area contributed by atoms with E-state index < -0.39 is 10.0 Å². The predicted molar refractivity (Wildman–Crippen MR) is 80.1 cm³/mol. The van der Waals surface area contributed by atoms with Gasteiger partial charge in [-0.2, -0.15) is 0 Å². The van der Waals surface area contributed by atoms with Crippen molar-refractivity contribution in [1.29, 1.82) is 0 Å². The molecular formula is C14H24N2O3S. The highest BCUT2D eigenvalue weighted by atomic mass is 32.2. The molecule has 0 aliphatic heterocycles. The van der Waals surface area contributed by atoms with Crippen LogP contribution in [0.2, 0.25) is 0 Å². The Morgan fingerprint density at radius 2 is 1.90 bits per heavy atom. The highest BCUT2D eigenvalue weighted by Crippen LogP contribution is 2.16. The zero-order valence-corrected chi connectivity index (χ0v) is 13.2. The van der Waals surface area contributed by atoms with Crippen LogP contribution in [0.1, 0.15) is 25.0 Å². The molecule has 0 saturated carbocycles. The maximum Gasteiger partial charge on any atom is 0.240 e. The third kappa shape index (κ3) is 4.56. The van der Waals surface area contributed by atoms with E-state index in [2.05, 4.69) is 9.62 Å². The standard InChI is InChI=1S/C14H24N2O3S/c1-4-16(5-2)9-8-15-20(18,19)14-10-13(11-17)7-6-12(14)3/h6-7,10,15,17H,4-5,8-9,11H2,1-3H3. The molecule has 0 unspecified atom stereocenters. The third-order valence-corrected chi connectivity index (χ3v) is 4.94. The first kappa shape index (κ1) is 17.1. The van der Waals surface area contributed by atoms with Crippen LogP contribution in [0, 0.1) is 6.92 Å². The lowest BCUT2D eigenvalue weighted by Crippen LogP contribution is -2.35. The van der Waals surface area contributed by atoms with Gasteiger partial charge in [0.15, 0.2) is 0 Å². The lowest BCUT2D eigenvalue weighted by atomic mass is 10.2. The number of rotatable bonds is 8. The van der Waals surface area contributed by atoms with Gasteiger partial charge in [0, 0.05) is 13.1 Å². The number of aliphatic hydroxyl groups is 1. The largest absolute Gasteiger partial charge is 0.392 e. The zero-order valence-electron chi connectivity index (χ0n) is 12.4. The number of hydrogen-bond acceptors (Lipinski definition) is 4. The first-order chi connectivity index (χ1) is 9.44. The van der Waals surface area contributed by atoms with Gasteiger partial charge < -0.3 is 10.0 Å². The lowest BCUT2D eigenvalue weighted by Gasteiger charge is -2.18. The first-order valence-electron chi connectivity index (χ1n) is 6.87. The molecule has 0 heterocycles. The number of aliphatic hydroxyl groups excluding tert-OH is 1. The van der Waals surface area contributed by atoms with E-state index in [9.17, 15) is 8.42 Å². The van der Waals surface area contributed by atoms with Gasteiger partial charge in [-0.3, -0.25) is 0 Å². The van der Waals surface area contributed by atoms with Gasteiger partial charge in [-0.1, -0.05) is 26.0 Å². The lowest BCUT2D eigenvalue weighted by molar-refractivity contribution is 0.281. The van der Waals surface area contributed by atoms with Crippen LogP contribution in [-0.2, 0) is 16.6 Å². The highest BCUT2D eigenvalue weighted by Gasteiger charge is 2.17. The van der Waals surface area contributed by atoms with Gasteiger partial charge in [0.25, 0.3) is 0 Å². The number of benzene rings is 1. The molecule has 0 saturated heterocycles. The molecule has 0 atom stereocenters. The second-order valence-electron chi connectivity index (χ2n) is 4.68. The molecule has 2 N–H and O–H groups in total. The average molecular weight is 300 g/mol. The van der Waals surface area contributed by atoms with Gasteiger partial charge in [-0.25, -0.2) is 13.1 Å². The van der Waals surface area contributed by atoms with E-state index in [0.29, 0.717) is 24.2 Å². The summed E-state index contributed by atoms with van der Waals surface area (Å²) >= 11 is 0. The van der Waals surface area contributed by atoms with Crippen LogP contribution < -0.4 is 4.72 Å². The van der Waals surface area contributed by atoms with E-state index in [1.165, 1.54) is 6.07 Å². The van der Waals surface area contributed by atoms with Crippen molar-refractivity contribution in [3.05, 3.63) is 29.3 Å². The fourth-order valence-electron chi connectivity index (χ4n) is 1.99. The summed E-state index contributed by atoms with van der Waals surface area (Å²) in [5, 5.41) is 9.11. The van der Waals surface area contributed by atoms with Crippen LogP contribution in [-0.4, -0.2) is 44.6 Å². The van der Waals surface area contributed by atoms with Crippen molar-refractivity contribution in [3.63, 3.8) is 0 Å². The van der Waals surface area contributed by atoms with Gasteiger partial charge in [0.05, 0.1) is 11.5 Å². The monoisotopic (exact) mass is 300 g/mol. The Morgan fingerprint density at radius 3 is 2.45 bits per heavy atom. The summed E-state index contributed by atoms with van der Waals surface area (Å²) in [6.45, 7) is 8.55. The van der Waals surface area contributed by atoms with E-state index in [-0.39, 0.29) is 11.5 Å². The molecule has 1 aromatic rings. The van der Waals surface area contributed by atoms with Gasteiger partial charge in [0.1, 0.15) is 0 Å². The Labute approximate surface area is 121 Å². The van der Waals surface area contributed by atoms with Crippen molar-refractivity contribution in [2.75, 3.05) is 26.2 Å². The molecular weight excluding hydrogens is 276 g/mol. The van der Waals surface area contributed by atoms with Crippen LogP contribution in [0.3, 0.4) is 0 Å². The number of nitrogens with one attached hydrogen (secondary N) is 1. The molecule has 0 bridgehead atoms. The van der Waals surface area contributed by atoms with Crippen molar-refractivity contribution in [2.24, 2.45) is 0 Å². The van der Waals surface area contributed by atoms with E-state index in [4.69, 9.17) is 5.11 Å². The summed E-state index contributed by atoms with van der Waals surface area (Å²) in [4.78, 5) is 2.39. The van der Waals surface area contributed by atoms with E-state index in [1.807, 2.05) is 13.8 Å². The summed E-state index contributed by atoms with van der Waals surface area (Å²) < 4.78 is 27.2. The number of aryl methyl sites for hydroxylation is 1. The normalized spacial score (nSPS) is 12.1. The van der Waals surface area contributed by atoms with Crippen LogP contribution >= 0.6 is 0 Å². The summed E-state index contributed by atoms with van der Waals surface area (Å²) in [6.07, 6.45) is 0. The molecule has 0 fully saturated rings. The van der Waals surface area contributed by atoms with E-state index in [0.717, 1.165) is 13.1 Å².